The zero-order valence-corrected chi connectivity index (χ0v) is 13.5. The summed E-state index contributed by atoms with van der Waals surface area (Å²) < 4.78 is 0.825. The third-order valence-electron chi connectivity index (χ3n) is 2.10. The molecule has 0 aliphatic rings. The smallest absolute Gasteiger partial charge is 0.230 e. The van der Waals surface area contributed by atoms with Gasteiger partial charge in [-0.15, -0.1) is 10.2 Å². The van der Waals surface area contributed by atoms with Gasteiger partial charge in [0.1, 0.15) is 0 Å². The molecule has 0 atom stereocenters. The highest BCUT2D eigenvalue weighted by molar-refractivity contribution is 8.01. The minimum atomic E-state index is 0.0468. The summed E-state index contributed by atoms with van der Waals surface area (Å²) in [5, 5.41) is 15.0. The van der Waals surface area contributed by atoms with Crippen LogP contribution in [-0.4, -0.2) is 34.9 Å². The average Bonchev–Trinajstić information content (AvgIpc) is 2.79. The third-order valence-corrected chi connectivity index (χ3v) is 4.12. The lowest BCUT2D eigenvalue weighted by molar-refractivity contribution is -0.118. The van der Waals surface area contributed by atoms with Crippen molar-refractivity contribution in [1.82, 2.24) is 15.5 Å². The lowest BCUT2D eigenvalue weighted by Gasteiger charge is -2.06. The van der Waals surface area contributed by atoms with Crippen LogP contribution >= 0.6 is 23.1 Å². The Morgan fingerprint density at radius 1 is 1.21 bits per heavy atom. The quantitative estimate of drug-likeness (QED) is 0.722. The molecule has 0 aliphatic carbocycles. The molecule has 19 heavy (non-hydrogen) atoms. The number of carbonyl (C=O) groups excluding carboxylic acids is 1. The van der Waals surface area contributed by atoms with E-state index >= 15 is 0 Å². The van der Waals surface area contributed by atoms with E-state index < -0.39 is 0 Å². The molecule has 0 unspecified atom stereocenters. The van der Waals surface area contributed by atoms with E-state index in [-0.39, 0.29) is 5.91 Å². The second-order valence-electron chi connectivity index (χ2n) is 5.13. The zero-order valence-electron chi connectivity index (χ0n) is 11.9. The standard InChI is InChI=1S/C12H22N4OS2/c1-8(2)5-13-10(17)7-18-12-16-15-11(19-12)14-6-9(3)4/h8-9H,5-7H2,1-4H3,(H,13,17)(H,14,15). The van der Waals surface area contributed by atoms with Gasteiger partial charge in [-0.2, -0.15) is 0 Å². The Morgan fingerprint density at radius 2 is 1.89 bits per heavy atom. The fraction of sp³-hybridized carbons (Fsp3) is 0.750. The van der Waals surface area contributed by atoms with Gasteiger partial charge in [-0.25, -0.2) is 0 Å². The number of nitrogens with zero attached hydrogens (tertiary/aromatic N) is 2. The van der Waals surface area contributed by atoms with E-state index in [0.29, 0.717) is 17.6 Å². The topological polar surface area (TPSA) is 66.9 Å². The molecule has 5 nitrogen and oxygen atoms in total. The van der Waals surface area contributed by atoms with Crippen LogP contribution in [0.4, 0.5) is 5.13 Å². The van der Waals surface area contributed by atoms with Crippen molar-refractivity contribution in [2.75, 3.05) is 24.2 Å². The summed E-state index contributed by atoms with van der Waals surface area (Å²) in [6, 6.07) is 0. The predicted molar refractivity (Wildman–Crippen MR) is 81.8 cm³/mol. The summed E-state index contributed by atoms with van der Waals surface area (Å²) in [7, 11) is 0. The van der Waals surface area contributed by atoms with E-state index in [2.05, 4.69) is 48.5 Å². The van der Waals surface area contributed by atoms with Crippen LogP contribution in [0, 0.1) is 11.8 Å². The molecule has 0 spiro atoms. The molecule has 108 valence electrons. The lowest BCUT2D eigenvalue weighted by atomic mass is 10.2. The molecule has 1 heterocycles. The van der Waals surface area contributed by atoms with Crippen molar-refractivity contribution in [3.63, 3.8) is 0 Å². The molecule has 1 aromatic rings. The Balaban J connectivity index is 2.27. The molecular formula is C12H22N4OS2. The van der Waals surface area contributed by atoms with Crippen LogP contribution in [0.3, 0.4) is 0 Å². The lowest BCUT2D eigenvalue weighted by Crippen LogP contribution is -2.28. The van der Waals surface area contributed by atoms with Crippen LogP contribution in [0.15, 0.2) is 4.34 Å². The predicted octanol–water partition coefficient (Wildman–Crippen LogP) is 2.47. The van der Waals surface area contributed by atoms with Gasteiger partial charge < -0.3 is 10.6 Å². The summed E-state index contributed by atoms with van der Waals surface area (Å²) in [6.07, 6.45) is 0. The van der Waals surface area contributed by atoms with Gasteiger partial charge in [-0.3, -0.25) is 4.79 Å². The summed E-state index contributed by atoms with van der Waals surface area (Å²) in [6.45, 7) is 10.0. The number of thioether (sulfide) groups is 1. The molecule has 1 aromatic heterocycles. The maximum Gasteiger partial charge on any atom is 0.230 e. The van der Waals surface area contributed by atoms with Crippen molar-refractivity contribution in [3.05, 3.63) is 0 Å². The van der Waals surface area contributed by atoms with Crippen molar-refractivity contribution < 1.29 is 4.79 Å². The fourth-order valence-electron chi connectivity index (χ4n) is 1.13. The number of rotatable bonds is 8. The van der Waals surface area contributed by atoms with Gasteiger partial charge in [0.15, 0.2) is 4.34 Å². The van der Waals surface area contributed by atoms with Gasteiger partial charge in [-0.05, 0) is 11.8 Å². The third kappa shape index (κ3) is 7.37. The molecular weight excluding hydrogens is 280 g/mol. The second-order valence-corrected chi connectivity index (χ2v) is 7.33. The molecule has 0 aromatic carbocycles. The highest BCUT2D eigenvalue weighted by Gasteiger charge is 2.08. The first-order valence-corrected chi connectivity index (χ1v) is 8.24. The van der Waals surface area contributed by atoms with E-state index in [1.54, 1.807) is 0 Å². The van der Waals surface area contributed by atoms with Crippen LogP contribution in [0.25, 0.3) is 0 Å². The number of hydrogen-bond donors (Lipinski definition) is 2. The molecule has 0 bridgehead atoms. The summed E-state index contributed by atoms with van der Waals surface area (Å²) >= 11 is 2.92. The maximum atomic E-state index is 11.6. The highest BCUT2D eigenvalue weighted by atomic mass is 32.2. The van der Waals surface area contributed by atoms with Crippen LogP contribution in [-0.2, 0) is 4.79 Å². The van der Waals surface area contributed by atoms with Crippen LogP contribution in [0.1, 0.15) is 27.7 Å². The van der Waals surface area contributed by atoms with Crippen molar-refractivity contribution in [1.29, 1.82) is 0 Å². The van der Waals surface area contributed by atoms with Crippen LogP contribution in [0.2, 0.25) is 0 Å². The molecule has 2 N–H and O–H groups in total. The normalized spacial score (nSPS) is 11.1. The SMILES string of the molecule is CC(C)CNC(=O)CSc1nnc(NCC(C)C)s1. The monoisotopic (exact) mass is 302 g/mol. The van der Waals surface area contributed by atoms with Gasteiger partial charge in [0.2, 0.25) is 11.0 Å². The minimum Gasteiger partial charge on any atom is -0.360 e. The van der Waals surface area contributed by atoms with Gasteiger partial charge in [-0.1, -0.05) is 50.8 Å². The highest BCUT2D eigenvalue weighted by Crippen LogP contribution is 2.25. The number of hydrogen-bond acceptors (Lipinski definition) is 6. The number of carbonyl (C=O) groups is 1. The minimum absolute atomic E-state index is 0.0468. The van der Waals surface area contributed by atoms with Crippen LogP contribution in [0.5, 0.6) is 0 Å². The molecule has 7 heteroatoms. The fourth-order valence-corrected chi connectivity index (χ4v) is 2.72. The summed E-state index contributed by atoms with van der Waals surface area (Å²) in [5.74, 6) is 1.49. The van der Waals surface area contributed by atoms with Gasteiger partial charge in [0, 0.05) is 13.1 Å². The molecule has 0 saturated heterocycles. The van der Waals surface area contributed by atoms with Gasteiger partial charge >= 0.3 is 0 Å². The van der Waals surface area contributed by atoms with E-state index in [9.17, 15) is 4.79 Å². The number of aromatic nitrogens is 2. The summed E-state index contributed by atoms with van der Waals surface area (Å²) in [5.41, 5.74) is 0. The second kappa shape index (κ2) is 8.37. The Morgan fingerprint density at radius 3 is 2.53 bits per heavy atom. The van der Waals surface area contributed by atoms with Gasteiger partial charge in [0.25, 0.3) is 0 Å². The number of anilines is 1. The first-order chi connectivity index (χ1) is 8.97. The molecule has 0 aliphatic heterocycles. The zero-order chi connectivity index (χ0) is 14.3. The van der Waals surface area contributed by atoms with Gasteiger partial charge in [0.05, 0.1) is 5.75 Å². The van der Waals surface area contributed by atoms with Crippen molar-refractivity contribution >= 4 is 34.1 Å². The molecule has 1 amide bonds. The van der Waals surface area contributed by atoms with Crippen molar-refractivity contribution in [2.45, 2.75) is 32.0 Å². The Hall–Kier alpha value is -0.820. The first kappa shape index (κ1) is 16.2. The maximum absolute atomic E-state index is 11.6. The van der Waals surface area contributed by atoms with Crippen LogP contribution < -0.4 is 10.6 Å². The van der Waals surface area contributed by atoms with Crippen molar-refractivity contribution in [2.24, 2.45) is 11.8 Å². The molecule has 1 rings (SSSR count). The number of nitrogens with one attached hydrogen (secondary N) is 2. The van der Waals surface area contributed by atoms with E-state index in [0.717, 1.165) is 22.6 Å². The van der Waals surface area contributed by atoms with E-state index in [1.807, 2.05) is 0 Å². The van der Waals surface area contributed by atoms with E-state index in [4.69, 9.17) is 0 Å². The first-order valence-electron chi connectivity index (χ1n) is 6.44. The Kier molecular flexibility index (Phi) is 7.15. The molecule has 0 saturated carbocycles. The molecule has 0 radical (unpaired) electrons. The van der Waals surface area contributed by atoms with E-state index in [1.165, 1.54) is 23.1 Å². The largest absolute Gasteiger partial charge is 0.360 e. The average molecular weight is 302 g/mol. The summed E-state index contributed by atoms with van der Waals surface area (Å²) in [4.78, 5) is 11.6. The Labute approximate surface area is 123 Å². The Bertz CT molecular complexity index is 393. The molecule has 0 fully saturated rings. The number of amides is 1. The van der Waals surface area contributed by atoms with Crippen molar-refractivity contribution in [3.8, 4) is 0 Å².